The van der Waals surface area contributed by atoms with E-state index in [9.17, 15) is 10.1 Å². The maximum atomic E-state index is 11.1. The van der Waals surface area contributed by atoms with E-state index in [0.717, 1.165) is 21.3 Å². The molecule has 0 spiro atoms. The van der Waals surface area contributed by atoms with Crippen molar-refractivity contribution < 1.29 is 4.92 Å². The smallest absolute Gasteiger partial charge is 0.270 e. The number of hydrogen-bond acceptors (Lipinski definition) is 5. The zero-order valence-electron chi connectivity index (χ0n) is 14.9. The van der Waals surface area contributed by atoms with Gasteiger partial charge in [0.15, 0.2) is 5.13 Å². The molecule has 4 aromatic rings. The number of nitro benzene ring substituents is 1. The van der Waals surface area contributed by atoms with Crippen LogP contribution in [-0.2, 0) is 6.54 Å². The predicted molar refractivity (Wildman–Crippen MR) is 113 cm³/mol. The fourth-order valence-electron chi connectivity index (χ4n) is 2.94. The number of aromatic nitrogens is 1. The quantitative estimate of drug-likeness (QED) is 0.298. The lowest BCUT2D eigenvalue weighted by molar-refractivity contribution is -0.384. The van der Waals surface area contributed by atoms with Gasteiger partial charge in [-0.15, -0.1) is 0 Å². The summed E-state index contributed by atoms with van der Waals surface area (Å²) in [4.78, 5) is 18.4. The zero-order valence-corrected chi connectivity index (χ0v) is 15.8. The van der Waals surface area contributed by atoms with Gasteiger partial charge in [-0.25, -0.2) is 4.98 Å². The number of rotatable bonds is 6. The van der Waals surface area contributed by atoms with E-state index < -0.39 is 0 Å². The molecule has 0 amide bonds. The molecule has 28 heavy (non-hydrogen) atoms. The van der Waals surface area contributed by atoms with E-state index in [-0.39, 0.29) is 10.6 Å². The summed E-state index contributed by atoms with van der Waals surface area (Å²) in [5, 5.41) is 11.9. The third kappa shape index (κ3) is 3.92. The molecule has 138 valence electrons. The van der Waals surface area contributed by atoms with Crippen molar-refractivity contribution in [3.63, 3.8) is 0 Å². The fourth-order valence-corrected chi connectivity index (χ4v) is 3.87. The van der Waals surface area contributed by atoms with Crippen molar-refractivity contribution in [1.29, 1.82) is 0 Å². The second-order valence-corrected chi connectivity index (χ2v) is 7.23. The van der Waals surface area contributed by atoms with Crippen LogP contribution >= 0.6 is 11.3 Å². The molecule has 0 atom stereocenters. The van der Waals surface area contributed by atoms with Crippen molar-refractivity contribution in [1.82, 2.24) is 4.98 Å². The molecular weight excluding hydrogens is 370 g/mol. The average molecular weight is 387 g/mol. The number of nitro groups is 1. The Morgan fingerprint density at radius 1 is 0.929 bits per heavy atom. The molecule has 0 N–H and O–H groups in total. The Morgan fingerprint density at radius 3 is 2.36 bits per heavy atom. The van der Waals surface area contributed by atoms with E-state index in [4.69, 9.17) is 0 Å². The van der Waals surface area contributed by atoms with E-state index in [1.165, 1.54) is 23.0 Å². The number of benzene rings is 3. The minimum absolute atomic E-state index is 0.0802. The van der Waals surface area contributed by atoms with Crippen molar-refractivity contribution in [2.24, 2.45) is 0 Å². The van der Waals surface area contributed by atoms with Gasteiger partial charge in [-0.2, -0.15) is 0 Å². The highest BCUT2D eigenvalue weighted by atomic mass is 32.1. The van der Waals surface area contributed by atoms with E-state index in [1.54, 1.807) is 18.3 Å². The van der Waals surface area contributed by atoms with Crippen LogP contribution in [-0.4, -0.2) is 9.91 Å². The number of hydrogen-bond donors (Lipinski definition) is 0. The molecule has 3 aromatic carbocycles. The van der Waals surface area contributed by atoms with E-state index in [0.29, 0.717) is 6.54 Å². The number of thiazole rings is 1. The van der Waals surface area contributed by atoms with E-state index in [1.807, 2.05) is 42.5 Å². The van der Waals surface area contributed by atoms with Crippen LogP contribution in [0.5, 0.6) is 0 Å². The molecule has 0 saturated heterocycles. The van der Waals surface area contributed by atoms with Gasteiger partial charge < -0.3 is 4.90 Å². The molecule has 0 fully saturated rings. The standard InChI is InChI=1S/C22H17N3O2S/c26-25(27)20-13-7-10-18(14-20)21-15-23-22(28-21)24(19-11-5-2-6-12-19)16-17-8-3-1-4-9-17/h1-15H,16H2. The molecule has 0 bridgehead atoms. The van der Waals surface area contributed by atoms with Gasteiger partial charge in [0, 0.05) is 29.6 Å². The third-order valence-electron chi connectivity index (χ3n) is 4.32. The van der Waals surface area contributed by atoms with Crippen LogP contribution in [0, 0.1) is 10.1 Å². The lowest BCUT2D eigenvalue weighted by Crippen LogP contribution is -2.15. The first-order valence-corrected chi connectivity index (χ1v) is 9.59. The van der Waals surface area contributed by atoms with Crippen molar-refractivity contribution in [2.45, 2.75) is 6.54 Å². The number of para-hydroxylation sites is 1. The van der Waals surface area contributed by atoms with E-state index in [2.05, 4.69) is 34.1 Å². The van der Waals surface area contributed by atoms with Crippen LogP contribution in [0.2, 0.25) is 0 Å². The summed E-state index contributed by atoms with van der Waals surface area (Å²) in [7, 11) is 0. The van der Waals surface area contributed by atoms with Crippen LogP contribution in [0.15, 0.2) is 91.1 Å². The van der Waals surface area contributed by atoms with Crippen molar-refractivity contribution in [3.8, 4) is 10.4 Å². The van der Waals surface area contributed by atoms with Crippen molar-refractivity contribution in [2.75, 3.05) is 4.90 Å². The maximum Gasteiger partial charge on any atom is 0.270 e. The fraction of sp³-hybridized carbons (Fsp3) is 0.0455. The van der Waals surface area contributed by atoms with Gasteiger partial charge in [0.05, 0.1) is 16.3 Å². The molecular formula is C22H17N3O2S. The van der Waals surface area contributed by atoms with Gasteiger partial charge in [-0.05, 0) is 17.7 Å². The number of non-ortho nitro benzene ring substituents is 1. The van der Waals surface area contributed by atoms with Crippen LogP contribution in [0.25, 0.3) is 10.4 Å². The molecule has 4 rings (SSSR count). The van der Waals surface area contributed by atoms with Crippen molar-refractivity contribution in [3.05, 3.63) is 107 Å². The monoisotopic (exact) mass is 387 g/mol. The molecule has 5 nitrogen and oxygen atoms in total. The lowest BCUT2D eigenvalue weighted by atomic mass is 10.2. The minimum Gasteiger partial charge on any atom is -0.313 e. The van der Waals surface area contributed by atoms with Gasteiger partial charge >= 0.3 is 0 Å². The minimum atomic E-state index is -0.378. The Kier molecular flexibility index (Phi) is 5.12. The van der Waals surface area contributed by atoms with E-state index >= 15 is 0 Å². The zero-order chi connectivity index (χ0) is 19.3. The van der Waals surface area contributed by atoms with Gasteiger partial charge in [0.25, 0.3) is 5.69 Å². The summed E-state index contributed by atoms with van der Waals surface area (Å²) in [6.45, 7) is 0.687. The predicted octanol–water partition coefficient (Wildman–Crippen LogP) is 6.06. The first-order chi connectivity index (χ1) is 13.7. The summed E-state index contributed by atoms with van der Waals surface area (Å²) in [5.41, 5.74) is 3.10. The third-order valence-corrected chi connectivity index (χ3v) is 5.39. The Labute approximate surface area is 166 Å². The summed E-state index contributed by atoms with van der Waals surface area (Å²) < 4.78 is 0. The molecule has 0 unspecified atom stereocenters. The number of nitrogens with zero attached hydrogens (tertiary/aromatic N) is 3. The van der Waals surface area contributed by atoms with Crippen LogP contribution in [0.3, 0.4) is 0 Å². The van der Waals surface area contributed by atoms with Crippen LogP contribution in [0.1, 0.15) is 5.56 Å². The second-order valence-electron chi connectivity index (χ2n) is 6.22. The average Bonchev–Trinajstić information content (AvgIpc) is 3.23. The highest BCUT2D eigenvalue weighted by Gasteiger charge is 2.16. The molecule has 0 aliphatic rings. The van der Waals surface area contributed by atoms with Crippen LogP contribution in [0.4, 0.5) is 16.5 Å². The summed E-state index contributed by atoms with van der Waals surface area (Å²) in [5.74, 6) is 0. The van der Waals surface area contributed by atoms with Crippen LogP contribution < -0.4 is 4.90 Å². The second kappa shape index (κ2) is 8.02. The van der Waals surface area contributed by atoms with Gasteiger partial charge in [0.2, 0.25) is 0 Å². The topological polar surface area (TPSA) is 59.3 Å². The molecule has 0 aliphatic carbocycles. The summed E-state index contributed by atoms with van der Waals surface area (Å²) in [6.07, 6.45) is 1.78. The Hall–Kier alpha value is -3.51. The maximum absolute atomic E-state index is 11.1. The Morgan fingerprint density at radius 2 is 1.64 bits per heavy atom. The SMILES string of the molecule is O=[N+]([O-])c1cccc(-c2cnc(N(Cc3ccccc3)c3ccccc3)s2)c1. The summed E-state index contributed by atoms with van der Waals surface area (Å²) >= 11 is 1.52. The molecule has 0 saturated carbocycles. The highest BCUT2D eigenvalue weighted by molar-refractivity contribution is 7.19. The molecule has 0 radical (unpaired) electrons. The molecule has 1 aromatic heterocycles. The molecule has 6 heteroatoms. The Balaban J connectivity index is 1.70. The van der Waals surface area contributed by atoms with Gasteiger partial charge in [-0.3, -0.25) is 10.1 Å². The lowest BCUT2D eigenvalue weighted by Gasteiger charge is -2.22. The molecule has 0 aliphatic heterocycles. The first-order valence-electron chi connectivity index (χ1n) is 8.78. The normalized spacial score (nSPS) is 10.6. The van der Waals surface area contributed by atoms with Gasteiger partial charge in [-0.1, -0.05) is 72.0 Å². The first kappa shape index (κ1) is 17.9. The molecule has 1 heterocycles. The summed E-state index contributed by atoms with van der Waals surface area (Å²) in [6, 6.07) is 27.0. The van der Waals surface area contributed by atoms with Crippen molar-refractivity contribution >= 4 is 27.8 Å². The number of anilines is 2. The largest absolute Gasteiger partial charge is 0.313 e. The highest BCUT2D eigenvalue weighted by Crippen LogP contribution is 2.36. The Bertz CT molecular complexity index is 1080. The van der Waals surface area contributed by atoms with Gasteiger partial charge in [0.1, 0.15) is 0 Å².